The first-order chi connectivity index (χ1) is 11.2. The molecule has 0 spiro atoms. The van der Waals surface area contributed by atoms with E-state index in [9.17, 15) is 9.18 Å². The summed E-state index contributed by atoms with van der Waals surface area (Å²) in [4.78, 5) is 24.2. The Labute approximate surface area is 133 Å². The number of methoxy groups -OCH3 is 1. The number of aromatic nitrogens is 2. The minimum atomic E-state index is -0.248. The molecular formula is C16H17FN4O2. The first-order valence-corrected chi connectivity index (χ1v) is 7.33. The van der Waals surface area contributed by atoms with Crippen LogP contribution in [0.5, 0.6) is 6.01 Å². The maximum Gasteiger partial charge on any atom is 0.316 e. The van der Waals surface area contributed by atoms with Crippen molar-refractivity contribution in [3.05, 3.63) is 48.0 Å². The zero-order valence-electron chi connectivity index (χ0n) is 12.8. The molecule has 23 heavy (non-hydrogen) atoms. The van der Waals surface area contributed by atoms with E-state index in [0.717, 1.165) is 5.69 Å². The Morgan fingerprint density at radius 3 is 2.26 bits per heavy atom. The molecule has 1 fully saturated rings. The predicted octanol–water partition coefficient (Wildman–Crippen LogP) is 1.59. The summed E-state index contributed by atoms with van der Waals surface area (Å²) in [6, 6.07) is 6.64. The van der Waals surface area contributed by atoms with Crippen molar-refractivity contribution in [1.29, 1.82) is 0 Å². The smallest absolute Gasteiger partial charge is 0.316 e. The van der Waals surface area contributed by atoms with E-state index < -0.39 is 0 Å². The summed E-state index contributed by atoms with van der Waals surface area (Å²) in [6.45, 7) is 2.60. The van der Waals surface area contributed by atoms with Crippen molar-refractivity contribution < 1.29 is 13.9 Å². The number of amides is 1. The molecule has 1 amide bonds. The number of ether oxygens (including phenoxy) is 1. The van der Waals surface area contributed by atoms with Crippen molar-refractivity contribution >= 4 is 11.6 Å². The van der Waals surface area contributed by atoms with Crippen molar-refractivity contribution in [3.63, 3.8) is 0 Å². The molecule has 0 atom stereocenters. The number of piperazine rings is 1. The van der Waals surface area contributed by atoms with Gasteiger partial charge in [0.15, 0.2) is 0 Å². The van der Waals surface area contributed by atoms with Crippen LogP contribution in [0.1, 0.15) is 10.4 Å². The molecule has 0 bridgehead atoms. The molecule has 7 heteroatoms. The lowest BCUT2D eigenvalue weighted by atomic mass is 10.2. The highest BCUT2D eigenvalue weighted by atomic mass is 19.1. The summed E-state index contributed by atoms with van der Waals surface area (Å²) in [7, 11) is 1.48. The normalized spacial score (nSPS) is 14.7. The summed E-state index contributed by atoms with van der Waals surface area (Å²) < 4.78 is 17.9. The van der Waals surface area contributed by atoms with Gasteiger partial charge >= 0.3 is 6.01 Å². The van der Waals surface area contributed by atoms with Gasteiger partial charge in [0.25, 0.3) is 5.91 Å². The standard InChI is InChI=1S/C16H17FN4O2/c1-23-16-18-10-12(11-19-16)15(22)21-8-6-20(7-9-21)14-4-2-13(17)3-5-14/h2-5,10-11H,6-9H2,1H3. The Hall–Kier alpha value is -2.70. The average molecular weight is 316 g/mol. The second kappa shape index (κ2) is 6.60. The molecule has 2 aromatic rings. The van der Waals surface area contributed by atoms with Crippen LogP contribution in [-0.2, 0) is 0 Å². The Morgan fingerprint density at radius 1 is 1.09 bits per heavy atom. The van der Waals surface area contributed by atoms with Gasteiger partial charge in [0.2, 0.25) is 0 Å². The van der Waals surface area contributed by atoms with Crippen LogP contribution >= 0.6 is 0 Å². The second-order valence-electron chi connectivity index (χ2n) is 5.21. The number of anilines is 1. The van der Waals surface area contributed by atoms with Crippen LogP contribution in [0.2, 0.25) is 0 Å². The first-order valence-electron chi connectivity index (χ1n) is 7.33. The van der Waals surface area contributed by atoms with Crippen LogP contribution in [0.25, 0.3) is 0 Å². The lowest BCUT2D eigenvalue weighted by Crippen LogP contribution is -2.48. The Morgan fingerprint density at radius 2 is 1.70 bits per heavy atom. The molecule has 0 N–H and O–H groups in total. The summed E-state index contributed by atoms with van der Waals surface area (Å²) in [5.41, 5.74) is 1.41. The molecule has 1 aliphatic heterocycles. The maximum atomic E-state index is 13.0. The van der Waals surface area contributed by atoms with Gasteiger partial charge in [0.05, 0.1) is 12.7 Å². The summed E-state index contributed by atoms with van der Waals surface area (Å²) >= 11 is 0. The number of nitrogens with zero attached hydrogens (tertiary/aromatic N) is 4. The average Bonchev–Trinajstić information content (AvgIpc) is 2.62. The molecule has 6 nitrogen and oxygen atoms in total. The predicted molar refractivity (Wildman–Crippen MR) is 83.1 cm³/mol. The van der Waals surface area contributed by atoms with E-state index in [1.54, 1.807) is 17.0 Å². The Kier molecular flexibility index (Phi) is 4.36. The third-order valence-electron chi connectivity index (χ3n) is 3.82. The van der Waals surface area contributed by atoms with Crippen molar-refractivity contribution in [3.8, 4) is 6.01 Å². The van der Waals surface area contributed by atoms with Crippen molar-refractivity contribution in [2.45, 2.75) is 0 Å². The van der Waals surface area contributed by atoms with Gasteiger partial charge in [0, 0.05) is 44.3 Å². The summed E-state index contributed by atoms with van der Waals surface area (Å²) in [5, 5.41) is 0. The quantitative estimate of drug-likeness (QED) is 0.860. The van der Waals surface area contributed by atoms with E-state index in [1.165, 1.54) is 31.6 Å². The Balaban J connectivity index is 1.61. The van der Waals surface area contributed by atoms with Crippen molar-refractivity contribution in [2.75, 3.05) is 38.2 Å². The third-order valence-corrected chi connectivity index (χ3v) is 3.82. The Bertz CT molecular complexity index is 667. The molecule has 120 valence electrons. The molecule has 0 aliphatic carbocycles. The van der Waals surface area contributed by atoms with E-state index >= 15 is 0 Å². The minimum Gasteiger partial charge on any atom is -0.467 e. The highest BCUT2D eigenvalue weighted by molar-refractivity contribution is 5.93. The fourth-order valence-electron chi connectivity index (χ4n) is 2.53. The molecule has 1 aromatic carbocycles. The molecule has 3 rings (SSSR count). The van der Waals surface area contributed by atoms with Gasteiger partial charge in [-0.05, 0) is 24.3 Å². The summed E-state index contributed by atoms with van der Waals surface area (Å²) in [6.07, 6.45) is 2.95. The molecule has 1 aromatic heterocycles. The van der Waals surface area contributed by atoms with Gasteiger partial charge in [-0.15, -0.1) is 0 Å². The molecule has 0 radical (unpaired) electrons. The number of rotatable bonds is 3. The number of hydrogen-bond acceptors (Lipinski definition) is 5. The van der Waals surface area contributed by atoms with Crippen LogP contribution in [0.3, 0.4) is 0 Å². The lowest BCUT2D eigenvalue weighted by Gasteiger charge is -2.36. The van der Waals surface area contributed by atoms with Crippen LogP contribution in [0, 0.1) is 5.82 Å². The lowest BCUT2D eigenvalue weighted by molar-refractivity contribution is 0.0745. The van der Waals surface area contributed by atoms with Crippen LogP contribution in [0.4, 0.5) is 10.1 Å². The zero-order valence-corrected chi connectivity index (χ0v) is 12.8. The molecule has 2 heterocycles. The molecular weight excluding hydrogens is 299 g/mol. The van der Waals surface area contributed by atoms with Gasteiger partial charge in [-0.1, -0.05) is 0 Å². The van der Waals surface area contributed by atoms with Gasteiger partial charge in [-0.2, -0.15) is 0 Å². The molecule has 1 aliphatic rings. The number of carbonyl (C=O) groups excluding carboxylic acids is 1. The van der Waals surface area contributed by atoms with E-state index in [0.29, 0.717) is 31.7 Å². The molecule has 0 unspecified atom stereocenters. The number of hydrogen-bond donors (Lipinski definition) is 0. The maximum absolute atomic E-state index is 13.0. The van der Waals surface area contributed by atoms with Crippen LogP contribution < -0.4 is 9.64 Å². The van der Waals surface area contributed by atoms with Crippen molar-refractivity contribution in [2.24, 2.45) is 0 Å². The fraction of sp³-hybridized carbons (Fsp3) is 0.312. The fourth-order valence-corrected chi connectivity index (χ4v) is 2.53. The van der Waals surface area contributed by atoms with Gasteiger partial charge in [-0.3, -0.25) is 4.79 Å². The van der Waals surface area contributed by atoms with Gasteiger partial charge < -0.3 is 14.5 Å². The minimum absolute atomic E-state index is 0.0913. The number of carbonyl (C=O) groups is 1. The number of halogens is 1. The van der Waals surface area contributed by atoms with E-state index in [4.69, 9.17) is 4.74 Å². The molecule has 1 saturated heterocycles. The highest BCUT2D eigenvalue weighted by Crippen LogP contribution is 2.17. The topological polar surface area (TPSA) is 58.6 Å². The first kappa shape index (κ1) is 15.2. The van der Waals surface area contributed by atoms with Gasteiger partial charge in [-0.25, -0.2) is 14.4 Å². The number of benzene rings is 1. The molecule has 0 saturated carbocycles. The monoisotopic (exact) mass is 316 g/mol. The second-order valence-corrected chi connectivity index (χ2v) is 5.21. The highest BCUT2D eigenvalue weighted by Gasteiger charge is 2.22. The van der Waals surface area contributed by atoms with Crippen molar-refractivity contribution in [1.82, 2.24) is 14.9 Å². The van der Waals surface area contributed by atoms with E-state index in [2.05, 4.69) is 14.9 Å². The van der Waals surface area contributed by atoms with Crippen LogP contribution in [0.15, 0.2) is 36.7 Å². The SMILES string of the molecule is COc1ncc(C(=O)N2CCN(c3ccc(F)cc3)CC2)cn1. The van der Waals surface area contributed by atoms with E-state index in [-0.39, 0.29) is 17.7 Å². The van der Waals surface area contributed by atoms with Crippen LogP contribution in [-0.4, -0.2) is 54.1 Å². The third kappa shape index (κ3) is 3.39. The zero-order chi connectivity index (χ0) is 16.2. The summed E-state index contributed by atoms with van der Waals surface area (Å²) in [5.74, 6) is -0.339. The van der Waals surface area contributed by atoms with E-state index in [1.807, 2.05) is 0 Å². The van der Waals surface area contributed by atoms with Gasteiger partial charge in [0.1, 0.15) is 5.82 Å². The largest absolute Gasteiger partial charge is 0.467 e.